The standard InChI is InChI=1S/C12H14O5/c1-17-10-4-2-8(3-5-10)6-9(12(15)16)7-11(13)14/h2-5,9H,6-7H2,1H3,(H,13,14)(H,15,16)/p-2/t9-/m1/s1. The highest BCUT2D eigenvalue weighted by molar-refractivity contribution is 5.75. The molecular weight excluding hydrogens is 224 g/mol. The lowest BCUT2D eigenvalue weighted by Gasteiger charge is -2.18. The highest BCUT2D eigenvalue weighted by Gasteiger charge is 2.11. The van der Waals surface area contributed by atoms with Gasteiger partial charge in [-0.05, 0) is 30.5 Å². The number of carbonyl (C=O) groups is 2. The van der Waals surface area contributed by atoms with Gasteiger partial charge in [0.1, 0.15) is 5.75 Å². The van der Waals surface area contributed by atoms with Crippen molar-refractivity contribution in [2.45, 2.75) is 12.8 Å². The number of methoxy groups -OCH3 is 1. The fourth-order valence-corrected chi connectivity index (χ4v) is 1.49. The molecule has 5 nitrogen and oxygen atoms in total. The van der Waals surface area contributed by atoms with Crippen molar-refractivity contribution >= 4 is 11.9 Å². The Morgan fingerprint density at radius 2 is 1.82 bits per heavy atom. The summed E-state index contributed by atoms with van der Waals surface area (Å²) in [6.45, 7) is 0. The molecule has 0 bridgehead atoms. The van der Waals surface area contributed by atoms with Crippen LogP contribution in [0.4, 0.5) is 0 Å². The summed E-state index contributed by atoms with van der Waals surface area (Å²) in [6, 6.07) is 6.73. The summed E-state index contributed by atoms with van der Waals surface area (Å²) in [4.78, 5) is 21.1. The largest absolute Gasteiger partial charge is 0.550 e. The molecule has 1 aromatic rings. The van der Waals surface area contributed by atoms with Crippen molar-refractivity contribution in [3.8, 4) is 5.75 Å². The van der Waals surface area contributed by atoms with E-state index in [2.05, 4.69) is 0 Å². The van der Waals surface area contributed by atoms with Crippen LogP contribution in [0.1, 0.15) is 12.0 Å². The molecule has 0 radical (unpaired) electrons. The monoisotopic (exact) mass is 236 g/mol. The second-order valence-corrected chi connectivity index (χ2v) is 3.64. The lowest BCUT2D eigenvalue weighted by Crippen LogP contribution is -2.37. The highest BCUT2D eigenvalue weighted by Crippen LogP contribution is 2.16. The summed E-state index contributed by atoms with van der Waals surface area (Å²) in [7, 11) is 1.52. The molecule has 0 aliphatic heterocycles. The second kappa shape index (κ2) is 5.89. The Balaban J connectivity index is 2.71. The lowest BCUT2D eigenvalue weighted by molar-refractivity contribution is -0.320. The van der Waals surface area contributed by atoms with Crippen LogP contribution in [-0.4, -0.2) is 19.0 Å². The molecule has 92 valence electrons. The summed E-state index contributed by atoms with van der Waals surface area (Å²) in [5, 5.41) is 21.1. The van der Waals surface area contributed by atoms with E-state index in [-0.39, 0.29) is 6.42 Å². The molecule has 0 amide bonds. The highest BCUT2D eigenvalue weighted by atomic mass is 16.5. The molecule has 1 atom stereocenters. The average molecular weight is 236 g/mol. The summed E-state index contributed by atoms with van der Waals surface area (Å²) in [5.74, 6) is -3.20. The van der Waals surface area contributed by atoms with Crippen molar-refractivity contribution in [3.63, 3.8) is 0 Å². The third-order valence-electron chi connectivity index (χ3n) is 2.39. The summed E-state index contributed by atoms with van der Waals surface area (Å²) in [5.41, 5.74) is 0.709. The van der Waals surface area contributed by atoms with Crippen LogP contribution in [0.2, 0.25) is 0 Å². The molecule has 0 aliphatic carbocycles. The molecule has 0 spiro atoms. The Hall–Kier alpha value is -2.04. The van der Waals surface area contributed by atoms with Crippen LogP contribution in [0.15, 0.2) is 24.3 Å². The third kappa shape index (κ3) is 4.14. The molecule has 17 heavy (non-hydrogen) atoms. The zero-order chi connectivity index (χ0) is 12.8. The normalized spacial score (nSPS) is 11.8. The molecule has 0 saturated heterocycles. The number of ether oxygens (including phenoxy) is 1. The van der Waals surface area contributed by atoms with Crippen LogP contribution in [-0.2, 0) is 16.0 Å². The van der Waals surface area contributed by atoms with Gasteiger partial charge >= 0.3 is 0 Å². The summed E-state index contributed by atoms with van der Waals surface area (Å²) < 4.78 is 4.95. The number of carboxylic acids is 2. The Labute approximate surface area is 98.6 Å². The number of carbonyl (C=O) groups excluding carboxylic acids is 2. The Kier molecular flexibility index (Phi) is 4.51. The molecule has 0 aromatic heterocycles. The average Bonchev–Trinajstić information content (AvgIpc) is 2.28. The van der Waals surface area contributed by atoms with Crippen molar-refractivity contribution in [1.29, 1.82) is 0 Å². The molecule has 0 heterocycles. The summed E-state index contributed by atoms with van der Waals surface area (Å²) >= 11 is 0. The van der Waals surface area contributed by atoms with E-state index in [0.29, 0.717) is 11.3 Å². The van der Waals surface area contributed by atoms with E-state index in [1.54, 1.807) is 24.3 Å². The van der Waals surface area contributed by atoms with Gasteiger partial charge in [-0.2, -0.15) is 0 Å². The number of hydrogen-bond acceptors (Lipinski definition) is 5. The molecule has 0 saturated carbocycles. The maximum atomic E-state index is 10.7. The van der Waals surface area contributed by atoms with E-state index in [4.69, 9.17) is 4.74 Å². The molecular formula is C12H12O5-2. The zero-order valence-corrected chi connectivity index (χ0v) is 9.34. The van der Waals surface area contributed by atoms with Gasteiger partial charge in [-0.25, -0.2) is 0 Å². The number of benzene rings is 1. The van der Waals surface area contributed by atoms with Gasteiger partial charge in [0.2, 0.25) is 0 Å². The van der Waals surface area contributed by atoms with E-state index in [9.17, 15) is 19.8 Å². The number of carboxylic acid groups (broad SMARTS) is 2. The van der Waals surface area contributed by atoms with Crippen LogP contribution in [0.5, 0.6) is 5.75 Å². The molecule has 0 aliphatic rings. The number of rotatable bonds is 6. The maximum Gasteiger partial charge on any atom is 0.118 e. The Morgan fingerprint density at radius 1 is 1.24 bits per heavy atom. The molecule has 0 N–H and O–H groups in total. The molecule has 1 rings (SSSR count). The predicted octanol–water partition coefficient (Wildman–Crippen LogP) is -1.26. The topological polar surface area (TPSA) is 89.5 Å². The van der Waals surface area contributed by atoms with Crippen molar-refractivity contribution < 1.29 is 24.5 Å². The second-order valence-electron chi connectivity index (χ2n) is 3.64. The van der Waals surface area contributed by atoms with E-state index in [0.717, 1.165) is 0 Å². The van der Waals surface area contributed by atoms with Crippen LogP contribution >= 0.6 is 0 Å². The van der Waals surface area contributed by atoms with Gasteiger partial charge in [-0.1, -0.05) is 12.1 Å². The van der Waals surface area contributed by atoms with Gasteiger partial charge in [-0.3, -0.25) is 0 Å². The number of aliphatic carboxylic acids is 2. The minimum absolute atomic E-state index is 0.0975. The number of hydrogen-bond donors (Lipinski definition) is 0. The smallest absolute Gasteiger partial charge is 0.118 e. The van der Waals surface area contributed by atoms with Gasteiger partial charge in [-0.15, -0.1) is 0 Å². The molecule has 0 unspecified atom stereocenters. The minimum atomic E-state index is -1.40. The van der Waals surface area contributed by atoms with Crippen LogP contribution in [0.3, 0.4) is 0 Å². The van der Waals surface area contributed by atoms with Crippen LogP contribution in [0.25, 0.3) is 0 Å². The summed E-state index contributed by atoms with van der Waals surface area (Å²) in [6.07, 6.45) is -0.450. The van der Waals surface area contributed by atoms with Crippen molar-refractivity contribution in [2.24, 2.45) is 5.92 Å². The van der Waals surface area contributed by atoms with Crippen molar-refractivity contribution in [3.05, 3.63) is 29.8 Å². The van der Waals surface area contributed by atoms with E-state index < -0.39 is 24.3 Å². The van der Waals surface area contributed by atoms with E-state index >= 15 is 0 Å². The lowest BCUT2D eigenvalue weighted by atomic mass is 9.96. The first kappa shape index (κ1) is 13.0. The first-order valence-electron chi connectivity index (χ1n) is 5.06. The quantitative estimate of drug-likeness (QED) is 0.615. The Morgan fingerprint density at radius 3 is 2.24 bits per heavy atom. The minimum Gasteiger partial charge on any atom is -0.550 e. The SMILES string of the molecule is COc1ccc(C[C@H](CC(=O)[O-])C(=O)[O-])cc1. The van der Waals surface area contributed by atoms with Gasteiger partial charge in [0.15, 0.2) is 0 Å². The van der Waals surface area contributed by atoms with Gasteiger partial charge in [0.05, 0.1) is 7.11 Å². The Bertz CT molecular complexity index is 396. The molecule has 5 heteroatoms. The van der Waals surface area contributed by atoms with Crippen molar-refractivity contribution in [1.82, 2.24) is 0 Å². The maximum absolute atomic E-state index is 10.7. The van der Waals surface area contributed by atoms with E-state index in [1.807, 2.05) is 0 Å². The van der Waals surface area contributed by atoms with Crippen molar-refractivity contribution in [2.75, 3.05) is 7.11 Å². The first-order valence-corrected chi connectivity index (χ1v) is 5.06. The van der Waals surface area contributed by atoms with Gasteiger partial charge in [0.25, 0.3) is 0 Å². The van der Waals surface area contributed by atoms with Gasteiger partial charge < -0.3 is 24.5 Å². The zero-order valence-electron chi connectivity index (χ0n) is 9.34. The first-order chi connectivity index (χ1) is 8.02. The van der Waals surface area contributed by atoms with Gasteiger partial charge in [0, 0.05) is 17.9 Å². The third-order valence-corrected chi connectivity index (χ3v) is 2.39. The predicted molar refractivity (Wildman–Crippen MR) is 54.8 cm³/mol. The van der Waals surface area contributed by atoms with E-state index in [1.165, 1.54) is 7.11 Å². The fraction of sp³-hybridized carbons (Fsp3) is 0.333. The van der Waals surface area contributed by atoms with Crippen LogP contribution < -0.4 is 14.9 Å². The fourth-order valence-electron chi connectivity index (χ4n) is 1.49. The molecule has 1 aromatic carbocycles. The van der Waals surface area contributed by atoms with Crippen LogP contribution in [0, 0.1) is 5.92 Å². The molecule has 0 fully saturated rings.